The molecular weight excluding hydrogens is 512 g/mol. The third-order valence-electron chi connectivity index (χ3n) is 7.46. The van der Waals surface area contributed by atoms with E-state index in [1.54, 1.807) is 23.7 Å². The molecule has 0 saturated carbocycles. The maximum Gasteiger partial charge on any atom is 0.338 e. The first kappa shape index (κ1) is 24.5. The highest BCUT2D eigenvalue weighted by Gasteiger charge is 2.29. The largest absolute Gasteiger partial charge is 0.478 e. The second kappa shape index (κ2) is 9.18. The van der Waals surface area contributed by atoms with Crippen LogP contribution in [0.4, 0.5) is 8.78 Å². The Hall–Kier alpha value is -3.82. The van der Waals surface area contributed by atoms with Gasteiger partial charge in [-0.1, -0.05) is 29.8 Å². The van der Waals surface area contributed by atoms with Crippen LogP contribution in [-0.2, 0) is 26.6 Å². The fraction of sp³-hybridized carbons (Fsp3) is 0.250. The van der Waals surface area contributed by atoms with Crippen molar-refractivity contribution in [1.29, 1.82) is 0 Å². The number of para-hydroxylation sites is 1. The minimum absolute atomic E-state index is 0.0597. The summed E-state index contributed by atoms with van der Waals surface area (Å²) in [6, 6.07) is 13.4. The normalized spacial score (nSPS) is 15.9. The van der Waals surface area contributed by atoms with Crippen molar-refractivity contribution in [2.75, 3.05) is 6.54 Å². The van der Waals surface area contributed by atoms with Crippen molar-refractivity contribution >= 4 is 39.6 Å². The van der Waals surface area contributed by atoms with Crippen LogP contribution in [0, 0.1) is 11.6 Å². The van der Waals surface area contributed by atoms with Crippen molar-refractivity contribution in [3.8, 4) is 0 Å². The van der Waals surface area contributed by atoms with Crippen molar-refractivity contribution in [2.24, 2.45) is 7.05 Å². The molecule has 0 saturated heterocycles. The zero-order chi connectivity index (χ0) is 26.7. The van der Waals surface area contributed by atoms with E-state index in [9.17, 15) is 18.7 Å². The van der Waals surface area contributed by atoms with Crippen LogP contribution in [0.25, 0.3) is 22.1 Å². The number of fused-ring (bicyclic) bond motifs is 4. The Bertz CT molecular complexity index is 1740. The number of halogens is 3. The number of aromatic nitrogens is 4. The van der Waals surface area contributed by atoms with Gasteiger partial charge in [0.05, 0.1) is 34.7 Å². The van der Waals surface area contributed by atoms with Gasteiger partial charge >= 0.3 is 5.97 Å². The van der Waals surface area contributed by atoms with Crippen LogP contribution in [0.5, 0.6) is 0 Å². The van der Waals surface area contributed by atoms with Gasteiger partial charge in [0.15, 0.2) is 5.82 Å². The van der Waals surface area contributed by atoms with Gasteiger partial charge in [-0.2, -0.15) is 0 Å². The monoisotopic (exact) mass is 535 g/mol. The van der Waals surface area contributed by atoms with E-state index >= 15 is 0 Å². The zero-order valence-electron chi connectivity index (χ0n) is 20.8. The molecule has 194 valence electrons. The molecule has 0 amide bonds. The van der Waals surface area contributed by atoms with Crippen LogP contribution in [0.3, 0.4) is 0 Å². The lowest BCUT2D eigenvalue weighted by Gasteiger charge is -2.33. The summed E-state index contributed by atoms with van der Waals surface area (Å²) >= 11 is 5.92. The SMILES string of the molecule is CC1c2nc3c(Cc4ccc(Cl)cc4F)cccc3n2CCN1Cc1nc2ccc(C(=O)O)c(F)c2n1C. The Morgan fingerprint density at radius 3 is 2.68 bits per heavy atom. The fourth-order valence-electron chi connectivity index (χ4n) is 5.39. The Labute approximate surface area is 221 Å². The summed E-state index contributed by atoms with van der Waals surface area (Å²) in [4.78, 5) is 23.2. The van der Waals surface area contributed by atoms with E-state index < -0.39 is 11.8 Å². The molecule has 1 unspecified atom stereocenters. The minimum Gasteiger partial charge on any atom is -0.478 e. The summed E-state index contributed by atoms with van der Waals surface area (Å²) in [5, 5.41) is 9.65. The number of imidazole rings is 2. The average Bonchev–Trinajstić information content (AvgIpc) is 3.41. The maximum absolute atomic E-state index is 14.9. The molecule has 1 aliphatic heterocycles. The molecule has 38 heavy (non-hydrogen) atoms. The Kier molecular flexibility index (Phi) is 5.92. The molecule has 7 nitrogen and oxygen atoms in total. The van der Waals surface area contributed by atoms with Gasteiger partial charge in [0.2, 0.25) is 0 Å². The van der Waals surface area contributed by atoms with Crippen LogP contribution in [0.15, 0.2) is 48.5 Å². The van der Waals surface area contributed by atoms with Gasteiger partial charge in [0, 0.05) is 31.6 Å². The van der Waals surface area contributed by atoms with Crippen molar-refractivity contribution in [1.82, 2.24) is 24.0 Å². The molecule has 0 aliphatic carbocycles. The lowest BCUT2D eigenvalue weighted by molar-refractivity contribution is 0.0692. The van der Waals surface area contributed by atoms with E-state index in [0.29, 0.717) is 41.4 Å². The molecule has 0 fully saturated rings. The molecule has 3 heterocycles. The first-order valence-electron chi connectivity index (χ1n) is 12.3. The summed E-state index contributed by atoms with van der Waals surface area (Å²) < 4.78 is 33.2. The van der Waals surface area contributed by atoms with Crippen molar-refractivity contribution in [2.45, 2.75) is 32.5 Å². The van der Waals surface area contributed by atoms with E-state index in [1.165, 1.54) is 18.2 Å². The van der Waals surface area contributed by atoms with Crippen LogP contribution in [0.2, 0.25) is 5.02 Å². The van der Waals surface area contributed by atoms with Gasteiger partial charge < -0.3 is 14.2 Å². The first-order chi connectivity index (χ1) is 18.2. The van der Waals surface area contributed by atoms with Gasteiger partial charge in [-0.3, -0.25) is 4.90 Å². The van der Waals surface area contributed by atoms with E-state index in [4.69, 9.17) is 16.6 Å². The van der Waals surface area contributed by atoms with Crippen molar-refractivity contribution in [3.05, 3.63) is 93.5 Å². The van der Waals surface area contributed by atoms with Gasteiger partial charge in [0.1, 0.15) is 23.0 Å². The Morgan fingerprint density at radius 1 is 1.11 bits per heavy atom. The summed E-state index contributed by atoms with van der Waals surface area (Å²) in [6.45, 7) is 3.94. The van der Waals surface area contributed by atoms with Crippen LogP contribution < -0.4 is 0 Å². The third kappa shape index (κ3) is 3.93. The number of carboxylic acid groups (broad SMARTS) is 1. The number of nitrogens with zero attached hydrogens (tertiary/aromatic N) is 5. The summed E-state index contributed by atoms with van der Waals surface area (Å²) in [5.41, 5.74) is 3.56. The summed E-state index contributed by atoms with van der Waals surface area (Å²) in [7, 11) is 1.70. The third-order valence-corrected chi connectivity index (χ3v) is 7.70. The molecule has 3 aromatic carbocycles. The zero-order valence-corrected chi connectivity index (χ0v) is 21.5. The fourth-order valence-corrected chi connectivity index (χ4v) is 5.54. The number of aromatic carboxylic acids is 1. The standard InChI is InChI=1S/C28H24ClF2N5O2/c1-15-27-33-25-17(12-16-6-7-18(29)13-20(16)30)4-3-5-22(25)36(27)11-10-35(15)14-23-32-21-9-8-19(28(37)38)24(31)26(21)34(23)2/h3-9,13,15H,10-12,14H2,1-2H3,(H,37,38). The second-order valence-corrected chi connectivity index (χ2v) is 10.1. The van der Waals surface area contributed by atoms with Crippen LogP contribution in [0.1, 0.15) is 46.1 Å². The molecule has 5 aromatic rings. The predicted molar refractivity (Wildman–Crippen MR) is 140 cm³/mol. The minimum atomic E-state index is -1.31. The number of carboxylic acids is 1. The molecular formula is C28H24ClF2N5O2. The summed E-state index contributed by atoms with van der Waals surface area (Å²) in [6.07, 6.45) is 0.401. The lowest BCUT2D eigenvalue weighted by Crippen LogP contribution is -2.37. The smallest absolute Gasteiger partial charge is 0.338 e. The van der Waals surface area contributed by atoms with E-state index in [2.05, 4.69) is 21.4 Å². The van der Waals surface area contributed by atoms with Crippen molar-refractivity contribution < 1.29 is 18.7 Å². The average molecular weight is 536 g/mol. The topological polar surface area (TPSA) is 76.2 Å². The second-order valence-electron chi connectivity index (χ2n) is 9.65. The highest BCUT2D eigenvalue weighted by atomic mass is 35.5. The quantitative estimate of drug-likeness (QED) is 0.311. The van der Waals surface area contributed by atoms with E-state index in [1.807, 2.05) is 18.2 Å². The number of aryl methyl sites for hydroxylation is 1. The van der Waals surface area contributed by atoms with Crippen molar-refractivity contribution in [3.63, 3.8) is 0 Å². The number of hydrogen-bond donors (Lipinski definition) is 1. The molecule has 0 radical (unpaired) electrons. The molecule has 1 N–H and O–H groups in total. The van der Waals surface area contributed by atoms with Gasteiger partial charge in [-0.25, -0.2) is 23.5 Å². The molecule has 0 bridgehead atoms. The molecule has 0 spiro atoms. The first-order valence-corrected chi connectivity index (χ1v) is 12.6. The van der Waals surface area contributed by atoms with Crippen LogP contribution in [-0.4, -0.2) is 41.6 Å². The van der Waals surface area contributed by atoms with Gasteiger partial charge in [-0.05, 0) is 48.4 Å². The van der Waals surface area contributed by atoms with Gasteiger partial charge in [0.25, 0.3) is 0 Å². The number of rotatable bonds is 5. The molecule has 1 atom stereocenters. The predicted octanol–water partition coefficient (Wildman–Crippen LogP) is 5.72. The number of benzene rings is 3. The lowest BCUT2D eigenvalue weighted by atomic mass is 10.0. The Balaban J connectivity index is 1.32. The highest BCUT2D eigenvalue weighted by molar-refractivity contribution is 6.30. The van der Waals surface area contributed by atoms with E-state index in [-0.39, 0.29) is 22.9 Å². The number of hydrogen-bond acceptors (Lipinski definition) is 4. The molecule has 2 aromatic heterocycles. The molecule has 6 rings (SSSR count). The molecule has 10 heteroatoms. The van der Waals surface area contributed by atoms with E-state index in [0.717, 1.165) is 29.0 Å². The Morgan fingerprint density at radius 2 is 1.92 bits per heavy atom. The molecule has 1 aliphatic rings. The van der Waals surface area contributed by atoms with Gasteiger partial charge in [-0.15, -0.1) is 0 Å². The maximum atomic E-state index is 14.9. The number of carbonyl (C=O) groups is 1. The van der Waals surface area contributed by atoms with Crippen LogP contribution >= 0.6 is 11.6 Å². The highest BCUT2D eigenvalue weighted by Crippen LogP contribution is 2.33. The summed E-state index contributed by atoms with van der Waals surface area (Å²) in [5.74, 6) is -0.902.